The van der Waals surface area contributed by atoms with Gasteiger partial charge < -0.3 is 10.1 Å². The van der Waals surface area contributed by atoms with Crippen LogP contribution in [0, 0.1) is 0 Å². The highest BCUT2D eigenvalue weighted by Gasteiger charge is 2.30. The number of carbonyl (C=O) groups is 1. The average molecular weight is 231 g/mol. The van der Waals surface area contributed by atoms with Crippen molar-refractivity contribution < 1.29 is 9.53 Å². The van der Waals surface area contributed by atoms with Gasteiger partial charge in [-0.15, -0.1) is 0 Å². The molecule has 0 spiro atoms. The third-order valence-corrected chi connectivity index (χ3v) is 3.86. The van der Waals surface area contributed by atoms with Gasteiger partial charge in [0.2, 0.25) is 5.91 Å². The molecule has 3 aliphatic rings. The minimum absolute atomic E-state index is 0.115. The van der Waals surface area contributed by atoms with Crippen molar-refractivity contribution >= 4 is 5.91 Å². The van der Waals surface area contributed by atoms with Crippen molar-refractivity contribution in [3.63, 3.8) is 0 Å². The van der Waals surface area contributed by atoms with E-state index in [0.717, 1.165) is 19.3 Å². The van der Waals surface area contributed by atoms with Crippen LogP contribution in [0.5, 0.6) is 0 Å². The summed E-state index contributed by atoms with van der Waals surface area (Å²) in [6, 6.07) is 0.271. The quantitative estimate of drug-likeness (QED) is 0.748. The van der Waals surface area contributed by atoms with Gasteiger partial charge >= 0.3 is 0 Å². The Balaban J connectivity index is 1.95. The molecular weight excluding hydrogens is 214 g/mol. The van der Waals surface area contributed by atoms with Crippen molar-refractivity contribution in [2.45, 2.75) is 37.8 Å². The Hall–Kier alpha value is -1.35. The SMILES string of the molecule is COC1C=CC2=C3CCC(=O)NC3CCC2=C1. The van der Waals surface area contributed by atoms with Crippen LogP contribution in [0.1, 0.15) is 25.7 Å². The lowest BCUT2D eigenvalue weighted by molar-refractivity contribution is -0.122. The largest absolute Gasteiger partial charge is 0.373 e. The molecule has 90 valence electrons. The first-order valence-electron chi connectivity index (χ1n) is 6.22. The van der Waals surface area contributed by atoms with Gasteiger partial charge in [-0.2, -0.15) is 0 Å². The molecule has 2 atom stereocenters. The van der Waals surface area contributed by atoms with Crippen LogP contribution in [0.4, 0.5) is 0 Å². The lowest BCUT2D eigenvalue weighted by atomic mass is 9.78. The van der Waals surface area contributed by atoms with Crippen molar-refractivity contribution in [1.29, 1.82) is 0 Å². The molecule has 0 aromatic heterocycles. The fourth-order valence-electron chi connectivity index (χ4n) is 2.96. The maximum atomic E-state index is 11.4. The summed E-state index contributed by atoms with van der Waals surface area (Å²) in [7, 11) is 1.73. The maximum absolute atomic E-state index is 11.4. The van der Waals surface area contributed by atoms with E-state index >= 15 is 0 Å². The number of amides is 1. The van der Waals surface area contributed by atoms with E-state index in [4.69, 9.17) is 4.74 Å². The van der Waals surface area contributed by atoms with Gasteiger partial charge in [0.15, 0.2) is 0 Å². The third kappa shape index (κ3) is 1.84. The lowest BCUT2D eigenvalue weighted by Gasteiger charge is -2.35. The molecule has 1 aliphatic heterocycles. The van der Waals surface area contributed by atoms with Gasteiger partial charge in [0.25, 0.3) is 0 Å². The zero-order valence-corrected chi connectivity index (χ0v) is 10.0. The summed E-state index contributed by atoms with van der Waals surface area (Å²) in [6.45, 7) is 0. The molecule has 3 heteroatoms. The Labute approximate surface area is 101 Å². The molecule has 1 amide bonds. The van der Waals surface area contributed by atoms with Gasteiger partial charge in [-0.3, -0.25) is 4.79 Å². The second kappa shape index (κ2) is 4.15. The summed E-state index contributed by atoms with van der Waals surface area (Å²) in [4.78, 5) is 11.4. The van der Waals surface area contributed by atoms with Crippen LogP contribution in [0.2, 0.25) is 0 Å². The number of methoxy groups -OCH3 is 1. The van der Waals surface area contributed by atoms with Crippen LogP contribution in [0.25, 0.3) is 0 Å². The fourth-order valence-corrected chi connectivity index (χ4v) is 2.96. The fraction of sp³-hybridized carbons (Fsp3) is 0.500. The molecule has 0 aromatic rings. The van der Waals surface area contributed by atoms with Gasteiger partial charge in [0, 0.05) is 13.5 Å². The molecular formula is C14H17NO2. The molecule has 0 radical (unpaired) electrons. The molecule has 3 nitrogen and oxygen atoms in total. The van der Waals surface area contributed by atoms with E-state index in [1.165, 1.54) is 16.7 Å². The number of fused-ring (bicyclic) bond motifs is 2. The minimum Gasteiger partial charge on any atom is -0.373 e. The van der Waals surface area contributed by atoms with E-state index in [1.807, 2.05) is 0 Å². The number of carbonyl (C=O) groups excluding carboxylic acids is 1. The molecule has 1 fully saturated rings. The Morgan fingerprint density at radius 2 is 2.24 bits per heavy atom. The second-order valence-electron chi connectivity index (χ2n) is 4.85. The predicted molar refractivity (Wildman–Crippen MR) is 65.4 cm³/mol. The third-order valence-electron chi connectivity index (χ3n) is 3.86. The number of allylic oxidation sites excluding steroid dienone is 3. The summed E-state index contributed by atoms with van der Waals surface area (Å²) in [5.41, 5.74) is 4.14. The first-order chi connectivity index (χ1) is 8.28. The van der Waals surface area contributed by atoms with E-state index < -0.39 is 0 Å². The van der Waals surface area contributed by atoms with Gasteiger partial charge in [0.1, 0.15) is 0 Å². The Kier molecular flexibility index (Phi) is 2.63. The Morgan fingerprint density at radius 1 is 1.35 bits per heavy atom. The van der Waals surface area contributed by atoms with Crippen LogP contribution in [0.3, 0.4) is 0 Å². The van der Waals surface area contributed by atoms with Crippen molar-refractivity contribution in [2.75, 3.05) is 7.11 Å². The first-order valence-corrected chi connectivity index (χ1v) is 6.22. The topological polar surface area (TPSA) is 38.3 Å². The van der Waals surface area contributed by atoms with Crippen molar-refractivity contribution in [2.24, 2.45) is 0 Å². The van der Waals surface area contributed by atoms with Crippen molar-refractivity contribution in [1.82, 2.24) is 5.32 Å². The maximum Gasteiger partial charge on any atom is 0.220 e. The normalized spacial score (nSPS) is 31.6. The first kappa shape index (κ1) is 10.8. The van der Waals surface area contributed by atoms with Crippen molar-refractivity contribution in [3.05, 3.63) is 34.9 Å². The summed E-state index contributed by atoms with van der Waals surface area (Å²) in [5, 5.41) is 3.09. The zero-order valence-electron chi connectivity index (χ0n) is 10.0. The molecule has 2 unspecified atom stereocenters. The van der Waals surface area contributed by atoms with Gasteiger partial charge in [-0.25, -0.2) is 0 Å². The van der Waals surface area contributed by atoms with E-state index in [9.17, 15) is 4.79 Å². The summed E-state index contributed by atoms with van der Waals surface area (Å²) >= 11 is 0. The molecule has 3 rings (SSSR count). The standard InChI is InChI=1S/C14H17NO2/c1-17-10-3-4-11-9(8-10)2-6-13-12(11)5-7-14(16)15-13/h3-4,8,10,13H,2,5-7H2,1H3,(H,15,16). The van der Waals surface area contributed by atoms with Crippen LogP contribution in [-0.2, 0) is 9.53 Å². The van der Waals surface area contributed by atoms with Gasteiger partial charge in [-0.05, 0) is 42.1 Å². The van der Waals surface area contributed by atoms with Gasteiger partial charge in [-0.1, -0.05) is 12.2 Å². The second-order valence-corrected chi connectivity index (χ2v) is 4.85. The summed E-state index contributed by atoms with van der Waals surface area (Å²) < 4.78 is 5.34. The smallest absolute Gasteiger partial charge is 0.220 e. The minimum atomic E-state index is 0.115. The highest BCUT2D eigenvalue weighted by atomic mass is 16.5. The Morgan fingerprint density at radius 3 is 3.06 bits per heavy atom. The molecule has 0 bridgehead atoms. The lowest BCUT2D eigenvalue weighted by Crippen LogP contribution is -2.42. The van der Waals surface area contributed by atoms with Crippen LogP contribution in [0.15, 0.2) is 34.9 Å². The average Bonchev–Trinajstić information content (AvgIpc) is 2.37. The highest BCUT2D eigenvalue weighted by Crippen LogP contribution is 2.37. The number of hydrogen-bond donors (Lipinski definition) is 1. The van der Waals surface area contributed by atoms with Crippen LogP contribution >= 0.6 is 0 Å². The number of piperidine rings is 1. The van der Waals surface area contributed by atoms with E-state index in [2.05, 4.69) is 23.5 Å². The Bertz CT molecular complexity index is 445. The van der Waals surface area contributed by atoms with E-state index in [1.54, 1.807) is 7.11 Å². The molecule has 0 aromatic carbocycles. The summed E-state index contributed by atoms with van der Waals surface area (Å²) in [5.74, 6) is 0.196. The molecule has 1 saturated heterocycles. The van der Waals surface area contributed by atoms with Crippen molar-refractivity contribution in [3.8, 4) is 0 Å². The number of rotatable bonds is 1. The molecule has 1 heterocycles. The van der Waals surface area contributed by atoms with E-state index in [0.29, 0.717) is 6.42 Å². The highest BCUT2D eigenvalue weighted by molar-refractivity contribution is 5.79. The predicted octanol–water partition coefficient (Wildman–Crippen LogP) is 1.87. The molecule has 0 saturated carbocycles. The van der Waals surface area contributed by atoms with Crippen LogP contribution < -0.4 is 5.32 Å². The molecule has 2 aliphatic carbocycles. The van der Waals surface area contributed by atoms with Crippen LogP contribution in [-0.4, -0.2) is 25.2 Å². The zero-order chi connectivity index (χ0) is 11.8. The van der Waals surface area contributed by atoms with E-state index in [-0.39, 0.29) is 18.1 Å². The molecule has 1 N–H and O–H groups in total. The number of nitrogens with one attached hydrogen (secondary N) is 1. The number of hydrogen-bond acceptors (Lipinski definition) is 2. The monoisotopic (exact) mass is 231 g/mol. The summed E-state index contributed by atoms with van der Waals surface area (Å²) in [6.07, 6.45) is 10.2. The molecule has 17 heavy (non-hydrogen) atoms. The van der Waals surface area contributed by atoms with Gasteiger partial charge in [0.05, 0.1) is 12.1 Å². The number of ether oxygens (including phenoxy) is 1.